The number of nitrogens with zero attached hydrogens (tertiary/aromatic N) is 4. The second-order valence-corrected chi connectivity index (χ2v) is 9.99. The van der Waals surface area contributed by atoms with Crippen molar-refractivity contribution in [2.75, 3.05) is 12.3 Å². The van der Waals surface area contributed by atoms with Gasteiger partial charge in [0.2, 0.25) is 0 Å². The molecule has 3 aromatic heterocycles. The van der Waals surface area contributed by atoms with E-state index in [4.69, 9.17) is 36.3 Å². The molecule has 2 fully saturated rings. The Balaban J connectivity index is 1.27. The molecule has 0 saturated carbocycles. The molecule has 4 aromatic rings. The molecule has 1 aromatic carbocycles. The Morgan fingerprint density at radius 1 is 1.18 bits per heavy atom. The summed E-state index contributed by atoms with van der Waals surface area (Å²) < 4.78 is 27.6. The van der Waals surface area contributed by atoms with Crippen LogP contribution in [0.15, 0.2) is 47.3 Å². The molecular weight excluding hydrogens is 526 g/mol. The second kappa shape index (κ2) is 8.03. The van der Waals surface area contributed by atoms with E-state index < -0.39 is 12.0 Å². The average Bonchev–Trinajstić information content (AvgIpc) is 3.45. The van der Waals surface area contributed by atoms with E-state index in [0.29, 0.717) is 22.4 Å². The largest absolute Gasteiger partial charge is 0.491 e. The first-order valence-electron chi connectivity index (χ1n) is 10.8. The molecule has 5 heterocycles. The van der Waals surface area contributed by atoms with Crippen molar-refractivity contribution < 1.29 is 18.9 Å². The minimum Gasteiger partial charge on any atom is -0.491 e. The van der Waals surface area contributed by atoms with Gasteiger partial charge in [-0.15, -0.1) is 0 Å². The summed E-state index contributed by atoms with van der Waals surface area (Å²) in [5.74, 6) is 0.341. The van der Waals surface area contributed by atoms with Crippen LogP contribution in [-0.4, -0.2) is 50.2 Å². The standard InChI is InChI=1S/C23H21BrClN5O4/c1-23(2)33-17-16(9-31-12-4-3-11-7-14(24)20(26)29-15(11)8-12)32-22(18(17)34-23)30-6-5-13-19(25)27-10-28-21(13)30/h3-8,10,16-18,22H,9H2,1-2H3,(H2,26,29)/t16-,17-,18-,22-/m1/s1. The number of nitrogen functional groups attached to an aromatic ring is 1. The maximum absolute atomic E-state index is 6.40. The number of anilines is 1. The number of pyridine rings is 1. The number of hydrogen-bond donors (Lipinski definition) is 1. The zero-order valence-electron chi connectivity index (χ0n) is 18.3. The Morgan fingerprint density at radius 3 is 2.85 bits per heavy atom. The van der Waals surface area contributed by atoms with Crippen molar-refractivity contribution in [3.63, 3.8) is 0 Å². The molecule has 2 aliphatic heterocycles. The number of fused-ring (bicyclic) bond motifs is 3. The molecule has 2 saturated heterocycles. The quantitative estimate of drug-likeness (QED) is 0.374. The third kappa shape index (κ3) is 3.70. The third-order valence-electron chi connectivity index (χ3n) is 6.04. The molecule has 2 N–H and O–H groups in total. The first-order valence-corrected chi connectivity index (χ1v) is 11.9. The van der Waals surface area contributed by atoms with Gasteiger partial charge >= 0.3 is 0 Å². The van der Waals surface area contributed by atoms with Crippen molar-refractivity contribution in [3.8, 4) is 5.75 Å². The van der Waals surface area contributed by atoms with Gasteiger partial charge in [0.25, 0.3) is 0 Å². The minimum atomic E-state index is -0.747. The van der Waals surface area contributed by atoms with Crippen molar-refractivity contribution in [1.29, 1.82) is 0 Å². The number of ether oxygens (including phenoxy) is 4. The lowest BCUT2D eigenvalue weighted by Gasteiger charge is -2.25. The summed E-state index contributed by atoms with van der Waals surface area (Å²) in [6, 6.07) is 9.49. The maximum atomic E-state index is 6.40. The Morgan fingerprint density at radius 2 is 2.00 bits per heavy atom. The van der Waals surface area contributed by atoms with Crippen LogP contribution in [0.3, 0.4) is 0 Å². The van der Waals surface area contributed by atoms with Gasteiger partial charge in [0.1, 0.15) is 53.6 Å². The molecule has 0 radical (unpaired) electrons. The van der Waals surface area contributed by atoms with Crippen molar-refractivity contribution in [1.82, 2.24) is 19.5 Å². The van der Waals surface area contributed by atoms with Crippen molar-refractivity contribution in [3.05, 3.63) is 52.5 Å². The molecule has 176 valence electrons. The molecule has 11 heteroatoms. The Labute approximate surface area is 208 Å². The average molecular weight is 547 g/mol. The predicted molar refractivity (Wildman–Crippen MR) is 130 cm³/mol. The predicted octanol–water partition coefficient (Wildman–Crippen LogP) is 4.47. The fourth-order valence-electron chi connectivity index (χ4n) is 4.57. The fraction of sp³-hybridized carbons (Fsp3) is 0.348. The molecule has 4 atom stereocenters. The second-order valence-electron chi connectivity index (χ2n) is 8.78. The summed E-state index contributed by atoms with van der Waals surface area (Å²) in [6.07, 6.45) is 1.82. The third-order valence-corrected chi connectivity index (χ3v) is 6.98. The minimum absolute atomic E-state index is 0.267. The van der Waals surface area contributed by atoms with Gasteiger partial charge in [0, 0.05) is 17.6 Å². The van der Waals surface area contributed by atoms with Gasteiger partial charge in [-0.2, -0.15) is 0 Å². The lowest BCUT2D eigenvalue weighted by molar-refractivity contribution is -0.198. The molecule has 0 spiro atoms. The zero-order chi connectivity index (χ0) is 23.6. The normalized spacial score (nSPS) is 25.8. The van der Waals surface area contributed by atoms with Gasteiger partial charge in [0.05, 0.1) is 15.4 Å². The Hall–Kier alpha value is -2.50. The molecule has 34 heavy (non-hydrogen) atoms. The van der Waals surface area contributed by atoms with E-state index in [1.54, 1.807) is 0 Å². The van der Waals surface area contributed by atoms with Crippen LogP contribution >= 0.6 is 27.5 Å². The highest BCUT2D eigenvalue weighted by Gasteiger charge is 2.56. The van der Waals surface area contributed by atoms with Gasteiger partial charge in [0.15, 0.2) is 12.0 Å². The first kappa shape index (κ1) is 22.0. The zero-order valence-corrected chi connectivity index (χ0v) is 20.7. The number of halogens is 2. The SMILES string of the molecule is CC1(C)O[C@@H]2[C@H](O1)[C@@H](COc1ccc3cc(Br)c(N)nc3c1)O[C@H]2n1ccc2c(Cl)ncnc21. The number of hydrogen-bond acceptors (Lipinski definition) is 8. The van der Waals surface area contributed by atoms with Gasteiger partial charge in [-0.05, 0) is 54.0 Å². The number of nitrogens with two attached hydrogens (primary N) is 1. The van der Waals surface area contributed by atoms with Gasteiger partial charge < -0.3 is 29.2 Å². The fourth-order valence-corrected chi connectivity index (χ4v) is 5.09. The molecule has 0 unspecified atom stereocenters. The van der Waals surface area contributed by atoms with Crippen LogP contribution in [0.25, 0.3) is 21.9 Å². The topological polar surface area (TPSA) is 107 Å². The molecule has 0 amide bonds. The van der Waals surface area contributed by atoms with Gasteiger partial charge in [-0.1, -0.05) is 11.6 Å². The monoisotopic (exact) mass is 545 g/mol. The Kier molecular flexibility index (Phi) is 5.19. The summed E-state index contributed by atoms with van der Waals surface area (Å²) in [4.78, 5) is 12.9. The first-order chi connectivity index (χ1) is 16.3. The van der Waals surface area contributed by atoms with E-state index in [2.05, 4.69) is 30.9 Å². The Bertz CT molecular complexity index is 1410. The summed E-state index contributed by atoms with van der Waals surface area (Å²) >= 11 is 9.65. The van der Waals surface area contributed by atoms with E-state index >= 15 is 0 Å². The lowest BCUT2D eigenvalue weighted by atomic mass is 10.1. The summed E-state index contributed by atoms with van der Waals surface area (Å²) in [7, 11) is 0. The van der Waals surface area contributed by atoms with E-state index in [1.807, 2.05) is 54.9 Å². The number of aromatic nitrogens is 4. The molecule has 0 bridgehead atoms. The summed E-state index contributed by atoms with van der Waals surface area (Å²) in [6.45, 7) is 4.05. The highest BCUT2D eigenvalue weighted by Crippen LogP contribution is 2.44. The summed E-state index contributed by atoms with van der Waals surface area (Å²) in [5, 5.41) is 2.09. The molecular formula is C23H21BrClN5O4. The van der Waals surface area contributed by atoms with Crippen LogP contribution in [0.1, 0.15) is 20.1 Å². The van der Waals surface area contributed by atoms with E-state index in [-0.39, 0.29) is 24.9 Å². The number of rotatable bonds is 4. The van der Waals surface area contributed by atoms with Crippen LogP contribution < -0.4 is 10.5 Å². The highest BCUT2D eigenvalue weighted by atomic mass is 79.9. The smallest absolute Gasteiger partial charge is 0.164 e. The van der Waals surface area contributed by atoms with E-state index in [1.165, 1.54) is 6.33 Å². The molecule has 9 nitrogen and oxygen atoms in total. The van der Waals surface area contributed by atoms with Crippen molar-refractivity contribution in [2.24, 2.45) is 0 Å². The van der Waals surface area contributed by atoms with Crippen molar-refractivity contribution >= 4 is 55.3 Å². The van der Waals surface area contributed by atoms with Gasteiger partial charge in [-0.25, -0.2) is 15.0 Å². The lowest BCUT2D eigenvalue weighted by Crippen LogP contribution is -2.33. The van der Waals surface area contributed by atoms with Crippen molar-refractivity contribution in [2.45, 2.75) is 44.2 Å². The molecule has 0 aliphatic carbocycles. The van der Waals surface area contributed by atoms with E-state index in [0.717, 1.165) is 20.8 Å². The highest BCUT2D eigenvalue weighted by molar-refractivity contribution is 9.10. The summed E-state index contributed by atoms with van der Waals surface area (Å²) in [5.41, 5.74) is 7.35. The van der Waals surface area contributed by atoms with Crippen LogP contribution in [0.4, 0.5) is 5.82 Å². The van der Waals surface area contributed by atoms with E-state index in [9.17, 15) is 0 Å². The van der Waals surface area contributed by atoms with Gasteiger partial charge in [-0.3, -0.25) is 0 Å². The van der Waals surface area contributed by atoms with Crippen LogP contribution in [-0.2, 0) is 14.2 Å². The van der Waals surface area contributed by atoms with Crippen LogP contribution in [0, 0.1) is 0 Å². The molecule has 2 aliphatic rings. The van der Waals surface area contributed by atoms with Crippen LogP contribution in [0.2, 0.25) is 5.15 Å². The van der Waals surface area contributed by atoms with Crippen LogP contribution in [0.5, 0.6) is 5.75 Å². The molecule has 6 rings (SSSR count). The number of benzene rings is 1. The maximum Gasteiger partial charge on any atom is 0.164 e.